The van der Waals surface area contributed by atoms with Gasteiger partial charge in [0, 0.05) is 31.0 Å². The van der Waals surface area contributed by atoms with Gasteiger partial charge >= 0.3 is 0 Å². The van der Waals surface area contributed by atoms with Crippen LogP contribution in [0, 0.1) is 0 Å². The summed E-state index contributed by atoms with van der Waals surface area (Å²) in [5, 5.41) is 3.49. The molecule has 0 bridgehead atoms. The first-order chi connectivity index (χ1) is 13.5. The van der Waals surface area contributed by atoms with Crippen LogP contribution in [0.25, 0.3) is 0 Å². The Labute approximate surface area is 172 Å². The number of hydrogen-bond donors (Lipinski definition) is 1. The Balaban J connectivity index is 2.33. The molecule has 0 saturated carbocycles. The van der Waals surface area contributed by atoms with Gasteiger partial charge in [-0.05, 0) is 29.7 Å². The van der Waals surface area contributed by atoms with Gasteiger partial charge < -0.3 is 10.2 Å². The van der Waals surface area contributed by atoms with Crippen LogP contribution in [0.4, 0.5) is 0 Å². The third-order valence-electron chi connectivity index (χ3n) is 4.42. The molecule has 28 heavy (non-hydrogen) atoms. The van der Waals surface area contributed by atoms with Crippen LogP contribution in [0.15, 0.2) is 67.3 Å². The van der Waals surface area contributed by atoms with Crippen LogP contribution in [0.2, 0.25) is 5.02 Å². The minimum Gasteiger partial charge on any atom is -0.351 e. The Bertz CT molecular complexity index is 775. The maximum atomic E-state index is 12.9. The van der Waals surface area contributed by atoms with Gasteiger partial charge in [0.15, 0.2) is 0 Å². The van der Waals surface area contributed by atoms with Gasteiger partial charge in [0.1, 0.15) is 6.04 Å². The molecule has 0 aliphatic carbocycles. The largest absolute Gasteiger partial charge is 0.351 e. The normalized spacial score (nSPS) is 11.5. The van der Waals surface area contributed by atoms with Crippen molar-refractivity contribution in [2.75, 3.05) is 6.54 Å². The van der Waals surface area contributed by atoms with Crippen molar-refractivity contribution in [2.45, 2.75) is 38.8 Å². The topological polar surface area (TPSA) is 49.4 Å². The number of nitrogens with zero attached hydrogens (tertiary/aromatic N) is 1. The third kappa shape index (κ3) is 6.54. The molecule has 0 spiro atoms. The Morgan fingerprint density at radius 1 is 1.11 bits per heavy atom. The van der Waals surface area contributed by atoms with Crippen molar-refractivity contribution in [3.8, 4) is 0 Å². The molecule has 2 rings (SSSR count). The number of amides is 2. The summed E-state index contributed by atoms with van der Waals surface area (Å²) < 4.78 is 0. The molecule has 2 amide bonds. The molecular weight excluding hydrogens is 372 g/mol. The number of hydrogen-bond acceptors (Lipinski definition) is 2. The summed E-state index contributed by atoms with van der Waals surface area (Å²) in [5.74, 6) is -0.214. The molecule has 5 heteroatoms. The number of benzene rings is 2. The van der Waals surface area contributed by atoms with E-state index in [4.69, 9.17) is 11.6 Å². The second-order valence-electron chi connectivity index (χ2n) is 6.64. The molecule has 2 aromatic carbocycles. The molecule has 0 aliphatic rings. The van der Waals surface area contributed by atoms with Crippen LogP contribution in [0.3, 0.4) is 0 Å². The number of rotatable bonds is 10. The summed E-state index contributed by atoms with van der Waals surface area (Å²) in [7, 11) is 0. The van der Waals surface area contributed by atoms with Gasteiger partial charge in [0.25, 0.3) is 0 Å². The van der Waals surface area contributed by atoms with E-state index in [1.54, 1.807) is 23.1 Å². The van der Waals surface area contributed by atoms with Crippen LogP contribution in [0.5, 0.6) is 0 Å². The Hall–Kier alpha value is -2.59. The maximum absolute atomic E-state index is 12.9. The lowest BCUT2D eigenvalue weighted by molar-refractivity contribution is -0.141. The fraction of sp³-hybridized carbons (Fsp3) is 0.304. The van der Waals surface area contributed by atoms with Gasteiger partial charge in [-0.25, -0.2) is 0 Å². The van der Waals surface area contributed by atoms with Gasteiger partial charge in [-0.3, -0.25) is 9.59 Å². The van der Waals surface area contributed by atoms with Crippen LogP contribution in [0.1, 0.15) is 30.9 Å². The second kappa shape index (κ2) is 11.3. The van der Waals surface area contributed by atoms with Gasteiger partial charge in [0.2, 0.25) is 11.8 Å². The minimum absolute atomic E-state index is 0.0351. The van der Waals surface area contributed by atoms with E-state index in [0.29, 0.717) is 31.0 Å². The van der Waals surface area contributed by atoms with Crippen molar-refractivity contribution in [2.24, 2.45) is 0 Å². The fourth-order valence-corrected chi connectivity index (χ4v) is 3.11. The van der Waals surface area contributed by atoms with Crippen LogP contribution < -0.4 is 5.32 Å². The van der Waals surface area contributed by atoms with E-state index < -0.39 is 6.04 Å². The quantitative estimate of drug-likeness (QED) is 0.603. The van der Waals surface area contributed by atoms with E-state index in [1.807, 2.05) is 49.4 Å². The summed E-state index contributed by atoms with van der Waals surface area (Å²) in [5.41, 5.74) is 1.94. The van der Waals surface area contributed by atoms with Gasteiger partial charge in [-0.15, -0.1) is 6.58 Å². The molecule has 0 radical (unpaired) electrons. The highest BCUT2D eigenvalue weighted by molar-refractivity contribution is 6.30. The van der Waals surface area contributed by atoms with Gasteiger partial charge in [0.05, 0.1) is 0 Å². The third-order valence-corrected chi connectivity index (χ3v) is 4.67. The van der Waals surface area contributed by atoms with Crippen molar-refractivity contribution in [1.29, 1.82) is 0 Å². The van der Waals surface area contributed by atoms with Crippen molar-refractivity contribution >= 4 is 23.4 Å². The average molecular weight is 399 g/mol. The Morgan fingerprint density at radius 3 is 2.39 bits per heavy atom. The van der Waals surface area contributed by atoms with E-state index in [-0.39, 0.29) is 11.8 Å². The molecular formula is C23H27ClN2O2. The molecule has 2 aromatic rings. The first-order valence-corrected chi connectivity index (χ1v) is 9.89. The van der Waals surface area contributed by atoms with Crippen molar-refractivity contribution in [3.63, 3.8) is 0 Å². The van der Waals surface area contributed by atoms with E-state index >= 15 is 0 Å². The number of nitrogens with one attached hydrogen (secondary N) is 1. The van der Waals surface area contributed by atoms with E-state index in [0.717, 1.165) is 17.5 Å². The molecule has 1 atom stereocenters. The zero-order chi connectivity index (χ0) is 20.4. The highest BCUT2D eigenvalue weighted by Crippen LogP contribution is 2.17. The summed E-state index contributed by atoms with van der Waals surface area (Å²) in [6.45, 7) is 6.33. The monoisotopic (exact) mass is 398 g/mol. The summed E-state index contributed by atoms with van der Waals surface area (Å²) in [6.07, 6.45) is 3.21. The average Bonchev–Trinajstić information content (AvgIpc) is 2.71. The summed E-state index contributed by atoms with van der Waals surface area (Å²) in [6, 6.07) is 16.5. The second-order valence-corrected chi connectivity index (χ2v) is 7.07. The molecule has 0 saturated heterocycles. The molecule has 0 aliphatic heterocycles. The minimum atomic E-state index is -0.600. The summed E-state index contributed by atoms with van der Waals surface area (Å²) >= 11 is 5.98. The van der Waals surface area contributed by atoms with E-state index in [2.05, 4.69) is 11.9 Å². The molecule has 0 unspecified atom stereocenters. The first-order valence-electron chi connectivity index (χ1n) is 9.51. The lowest BCUT2D eigenvalue weighted by Gasteiger charge is -2.31. The smallest absolute Gasteiger partial charge is 0.243 e. The zero-order valence-electron chi connectivity index (χ0n) is 16.2. The van der Waals surface area contributed by atoms with Gasteiger partial charge in [-0.1, -0.05) is 67.1 Å². The van der Waals surface area contributed by atoms with Crippen LogP contribution in [-0.4, -0.2) is 29.3 Å². The molecule has 1 N–H and O–H groups in total. The number of halogens is 1. The first kappa shape index (κ1) is 21.7. The van der Waals surface area contributed by atoms with Crippen molar-refractivity contribution < 1.29 is 9.59 Å². The van der Waals surface area contributed by atoms with Gasteiger partial charge in [-0.2, -0.15) is 0 Å². The predicted octanol–water partition coefficient (Wildman–Crippen LogP) is 4.38. The Morgan fingerprint density at radius 2 is 1.79 bits per heavy atom. The lowest BCUT2D eigenvalue weighted by atomic mass is 10.0. The molecule has 148 valence electrons. The summed E-state index contributed by atoms with van der Waals surface area (Å²) in [4.78, 5) is 27.5. The van der Waals surface area contributed by atoms with E-state index in [9.17, 15) is 9.59 Å². The molecule has 0 heterocycles. The Kier molecular flexibility index (Phi) is 8.76. The standard InChI is InChI=1S/C23H27ClN2O2/c1-3-8-22(27)26(17-19-11-13-20(24)14-12-19)21(23(28)25-15-4-2)16-18-9-6-5-7-10-18/h4-7,9-14,21H,2-3,8,15-17H2,1H3,(H,25,28)/t21-/m0/s1. The zero-order valence-corrected chi connectivity index (χ0v) is 17.0. The number of carbonyl (C=O) groups is 2. The van der Waals surface area contributed by atoms with Crippen molar-refractivity contribution in [3.05, 3.63) is 83.4 Å². The predicted molar refractivity (Wildman–Crippen MR) is 114 cm³/mol. The fourth-order valence-electron chi connectivity index (χ4n) is 2.99. The van der Waals surface area contributed by atoms with Crippen molar-refractivity contribution in [1.82, 2.24) is 10.2 Å². The highest BCUT2D eigenvalue weighted by atomic mass is 35.5. The van der Waals surface area contributed by atoms with Crippen LogP contribution >= 0.6 is 11.6 Å². The molecule has 0 aromatic heterocycles. The lowest BCUT2D eigenvalue weighted by Crippen LogP contribution is -2.50. The highest BCUT2D eigenvalue weighted by Gasteiger charge is 2.29. The maximum Gasteiger partial charge on any atom is 0.243 e. The molecule has 0 fully saturated rings. The SMILES string of the molecule is C=CCNC(=O)[C@H](Cc1ccccc1)N(Cc1ccc(Cl)cc1)C(=O)CCC. The molecule has 4 nitrogen and oxygen atoms in total. The van der Waals surface area contributed by atoms with E-state index in [1.165, 1.54) is 0 Å². The number of carbonyl (C=O) groups excluding carboxylic acids is 2. The van der Waals surface area contributed by atoms with Crippen LogP contribution in [-0.2, 0) is 22.6 Å².